The first kappa shape index (κ1) is 33.4. The lowest BCUT2D eigenvalue weighted by Crippen LogP contribution is -2.45. The van der Waals surface area contributed by atoms with E-state index in [1.165, 1.54) is 40.0 Å². The molecule has 0 bridgehead atoms. The minimum atomic E-state index is -4.42. The van der Waals surface area contributed by atoms with E-state index in [1.807, 2.05) is 22.8 Å². The number of unbranched alkanes of at least 4 members (excludes halogenated alkanes) is 2. The van der Waals surface area contributed by atoms with E-state index in [0.717, 1.165) is 13.1 Å². The smallest absolute Gasteiger partial charge is 0.374 e. The van der Waals surface area contributed by atoms with E-state index in [2.05, 4.69) is 59.9 Å². The number of rotatable bonds is 11. The van der Waals surface area contributed by atoms with Gasteiger partial charge in [-0.05, 0) is 42.7 Å². The van der Waals surface area contributed by atoms with E-state index in [-0.39, 0.29) is 29.6 Å². The summed E-state index contributed by atoms with van der Waals surface area (Å²) in [4.78, 5) is 42.7. The fraction of sp³-hybridized carbons (Fsp3) is 0.324. The summed E-state index contributed by atoms with van der Waals surface area (Å²) in [5.74, 6) is -1.18. The fourth-order valence-electron chi connectivity index (χ4n) is 7.13. The minimum Gasteiger partial charge on any atom is -0.398 e. The number of nitrogens with zero attached hydrogens (tertiary/aromatic N) is 4. The first-order chi connectivity index (χ1) is 23.9. The molecular formula is C37H38N4O8S+2. The summed E-state index contributed by atoms with van der Waals surface area (Å²) < 4.78 is 43.5. The van der Waals surface area contributed by atoms with Crippen LogP contribution in [0.3, 0.4) is 0 Å². The normalized spacial score (nSPS) is 17.9. The highest BCUT2D eigenvalue weighted by Crippen LogP contribution is 2.50. The molecule has 0 radical (unpaired) electrons. The molecular weight excluding hydrogens is 660 g/mol. The second-order valence-corrected chi connectivity index (χ2v) is 14.6. The van der Waals surface area contributed by atoms with E-state index >= 15 is 0 Å². The highest BCUT2D eigenvalue weighted by molar-refractivity contribution is 7.85. The Morgan fingerprint density at radius 2 is 1.84 bits per heavy atom. The van der Waals surface area contributed by atoms with Crippen LogP contribution in [0.4, 0.5) is 5.69 Å². The molecule has 12 nitrogen and oxygen atoms in total. The number of hydroxylamine groups is 2. The molecule has 0 saturated carbocycles. The molecule has 50 heavy (non-hydrogen) atoms. The third-order valence-electron chi connectivity index (χ3n) is 9.63. The summed E-state index contributed by atoms with van der Waals surface area (Å²) in [6.07, 6.45) is 13.8. The summed E-state index contributed by atoms with van der Waals surface area (Å²) in [6.45, 7) is 6.79. The van der Waals surface area contributed by atoms with Crippen LogP contribution in [-0.4, -0.2) is 42.4 Å². The molecule has 0 atom stereocenters. The van der Waals surface area contributed by atoms with Crippen LogP contribution in [0.5, 0.6) is 0 Å². The number of allylic oxidation sites excluding steroid dienone is 5. The van der Waals surface area contributed by atoms with Gasteiger partial charge in [0.2, 0.25) is 11.1 Å². The number of hydrogen-bond donors (Lipinski definition) is 1. The molecule has 1 saturated heterocycles. The van der Waals surface area contributed by atoms with Gasteiger partial charge in [-0.2, -0.15) is 17.6 Å². The number of carbonyl (C=O) groups excluding carboxylic acids is 3. The molecule has 3 aliphatic heterocycles. The molecule has 3 aliphatic rings. The van der Waals surface area contributed by atoms with E-state index in [4.69, 9.17) is 9.25 Å². The van der Waals surface area contributed by atoms with Crippen molar-refractivity contribution in [1.82, 2.24) is 5.06 Å². The Hall–Kier alpha value is -5.14. The molecule has 1 N–H and O–H groups in total. The van der Waals surface area contributed by atoms with Crippen LogP contribution in [0.25, 0.3) is 28.1 Å². The van der Waals surface area contributed by atoms with Gasteiger partial charge in [-0.25, -0.2) is 4.79 Å². The van der Waals surface area contributed by atoms with Gasteiger partial charge in [-0.1, -0.05) is 38.1 Å². The molecule has 4 aromatic rings. The van der Waals surface area contributed by atoms with Gasteiger partial charge in [0.1, 0.15) is 5.69 Å². The van der Waals surface area contributed by atoms with Gasteiger partial charge in [0, 0.05) is 60.4 Å². The number of carbonyl (C=O) groups is 3. The van der Waals surface area contributed by atoms with Crippen LogP contribution < -0.4 is 14.0 Å². The third kappa shape index (κ3) is 6.11. The van der Waals surface area contributed by atoms with Gasteiger partial charge in [0.15, 0.2) is 19.3 Å². The van der Waals surface area contributed by atoms with Gasteiger partial charge >= 0.3 is 11.9 Å². The molecule has 0 spiro atoms. The van der Waals surface area contributed by atoms with Crippen molar-refractivity contribution in [3.63, 3.8) is 0 Å². The van der Waals surface area contributed by atoms with Crippen molar-refractivity contribution < 1.29 is 45.7 Å². The van der Waals surface area contributed by atoms with Crippen LogP contribution in [0, 0.1) is 0 Å². The first-order valence-corrected chi connectivity index (χ1v) is 18.2. The number of aryl methyl sites for hydroxylation is 1. The van der Waals surface area contributed by atoms with Gasteiger partial charge in [0.05, 0.1) is 17.5 Å². The number of imide groups is 1. The number of fused-ring (bicyclic) bond motifs is 1. The number of amides is 2. The maximum Gasteiger partial charge on any atom is 0.374 e. The molecule has 2 amide bonds. The highest BCUT2D eigenvalue weighted by atomic mass is 32.2. The Labute approximate surface area is 289 Å². The van der Waals surface area contributed by atoms with Crippen LogP contribution >= 0.6 is 0 Å². The predicted octanol–water partition coefficient (Wildman–Crippen LogP) is 4.84. The molecule has 2 aromatic heterocycles. The summed E-state index contributed by atoms with van der Waals surface area (Å²) in [6, 6.07) is 12.9. The van der Waals surface area contributed by atoms with Crippen molar-refractivity contribution in [2.45, 2.75) is 75.8 Å². The highest BCUT2D eigenvalue weighted by Gasteiger charge is 2.45. The van der Waals surface area contributed by atoms with Crippen molar-refractivity contribution in [2.75, 3.05) is 11.4 Å². The summed E-state index contributed by atoms with van der Waals surface area (Å²) >= 11 is 0. The second-order valence-electron chi connectivity index (χ2n) is 13.2. The predicted molar refractivity (Wildman–Crippen MR) is 183 cm³/mol. The lowest BCUT2D eigenvalue weighted by molar-refractivity contribution is -0.678. The average Bonchev–Trinajstić information content (AvgIpc) is 3.67. The van der Waals surface area contributed by atoms with Crippen LogP contribution in [0.2, 0.25) is 0 Å². The molecule has 5 heterocycles. The second kappa shape index (κ2) is 13.0. The molecule has 2 aromatic carbocycles. The van der Waals surface area contributed by atoms with Crippen molar-refractivity contribution >= 4 is 61.7 Å². The standard InChI is InChI=1S/C37H37N4O8S/c1-37(2)27-16-14-25-10-9-20-38-22-23-40(36(27)35(25)38)30(37)11-5-3-6-12-33-39(28-17-15-26(50(45,46)47)24-29(28)48-33)21-8-4-7-13-34(44)49-41-31(42)18-19-32(41)43/h3,5-6,9-12,14-17,20,24H,4,7-8,13,18-19,21-23H2,1-2H3/q+1/p+1. The van der Waals surface area contributed by atoms with Gasteiger partial charge < -0.3 is 14.2 Å². The first-order valence-electron chi connectivity index (χ1n) is 16.7. The van der Waals surface area contributed by atoms with E-state index in [0.29, 0.717) is 47.9 Å². The Morgan fingerprint density at radius 3 is 2.62 bits per heavy atom. The largest absolute Gasteiger partial charge is 0.398 e. The molecule has 1 fully saturated rings. The Bertz CT molecular complexity index is 2250. The molecule has 0 aliphatic carbocycles. The fourth-order valence-corrected chi connectivity index (χ4v) is 7.62. The average molecular weight is 699 g/mol. The van der Waals surface area contributed by atoms with Crippen molar-refractivity contribution in [2.24, 2.45) is 0 Å². The topological polar surface area (TPSA) is 142 Å². The zero-order chi connectivity index (χ0) is 35.2. The van der Waals surface area contributed by atoms with Crippen molar-refractivity contribution in [1.29, 1.82) is 0 Å². The maximum atomic E-state index is 12.2. The number of anilines is 1. The number of aromatic nitrogens is 2. The zero-order valence-corrected chi connectivity index (χ0v) is 28.7. The zero-order valence-electron chi connectivity index (χ0n) is 27.9. The Kier molecular flexibility index (Phi) is 8.64. The maximum absolute atomic E-state index is 12.2. The van der Waals surface area contributed by atoms with Crippen molar-refractivity contribution in [3.05, 3.63) is 90.1 Å². The summed E-state index contributed by atoms with van der Waals surface area (Å²) in [5, 5.41) is 1.78. The quantitative estimate of drug-likeness (QED) is 0.0766. The number of hydrogen-bond acceptors (Lipinski definition) is 8. The van der Waals surface area contributed by atoms with Crippen LogP contribution in [-0.2, 0) is 47.8 Å². The Balaban J connectivity index is 1.06. The molecule has 0 unspecified atom stereocenters. The van der Waals surface area contributed by atoms with Gasteiger partial charge in [-0.15, -0.1) is 5.06 Å². The summed E-state index contributed by atoms with van der Waals surface area (Å²) in [5.41, 5.74) is 5.83. The number of benzene rings is 2. The lowest BCUT2D eigenvalue weighted by atomic mass is 9.83. The monoisotopic (exact) mass is 698 g/mol. The SMILES string of the molecule is CC1(C)/C(=C/C=C/C=C/c2oc3cc(S(=O)(=O)O)ccc3[n+]2CCCCCC(=O)ON2C(=O)CCC2=O)N2CC[n+]3cccc4ccc1c2c43. The van der Waals surface area contributed by atoms with E-state index in [1.54, 1.807) is 12.1 Å². The molecule has 13 heteroatoms. The molecule has 258 valence electrons. The number of oxazole rings is 1. The van der Waals surface area contributed by atoms with Crippen LogP contribution in [0.15, 0.2) is 88.0 Å². The van der Waals surface area contributed by atoms with Gasteiger partial charge in [-0.3, -0.25) is 14.1 Å². The third-order valence-corrected chi connectivity index (χ3v) is 10.5. The van der Waals surface area contributed by atoms with Gasteiger partial charge in [0.25, 0.3) is 27.4 Å². The minimum absolute atomic E-state index is 0.0429. The lowest BCUT2D eigenvalue weighted by Gasteiger charge is -2.27. The van der Waals surface area contributed by atoms with Crippen LogP contribution in [0.1, 0.15) is 63.8 Å². The van der Waals surface area contributed by atoms with E-state index < -0.39 is 27.9 Å². The number of pyridine rings is 1. The Morgan fingerprint density at radius 1 is 1.04 bits per heavy atom. The summed E-state index contributed by atoms with van der Waals surface area (Å²) in [7, 11) is -4.42. The van der Waals surface area contributed by atoms with E-state index in [9.17, 15) is 27.4 Å². The molecule has 7 rings (SSSR count). The van der Waals surface area contributed by atoms with Crippen molar-refractivity contribution in [3.8, 4) is 0 Å².